The molecular weight excluding hydrogens is 220 g/mol. The molecule has 88 valence electrons. The minimum Gasteiger partial charge on any atom is -0.463 e. The van der Waals surface area contributed by atoms with E-state index in [-0.39, 0.29) is 0 Å². The Kier molecular flexibility index (Phi) is 4.44. The SMILES string of the molecule is NC(N)=NC(=O)O.c1ccc2ncccc2c1. The standard InChI is InChI=1S/C9H7N.C2H5N3O2/c1-2-6-9-8(4-1)5-3-7-10-9;3-1(4)5-2(6)7/h1-7H;(H,6,7)(H4,3,4,5). The minimum atomic E-state index is -1.37. The lowest BCUT2D eigenvalue weighted by Crippen LogP contribution is -2.23. The molecule has 0 aliphatic carbocycles. The van der Waals surface area contributed by atoms with Crippen LogP contribution in [-0.2, 0) is 0 Å². The summed E-state index contributed by atoms with van der Waals surface area (Å²) in [6.45, 7) is 0. The Hall–Kier alpha value is -2.63. The van der Waals surface area contributed by atoms with Gasteiger partial charge in [-0.2, -0.15) is 0 Å². The van der Waals surface area contributed by atoms with Crippen molar-refractivity contribution in [2.24, 2.45) is 16.5 Å². The third kappa shape index (κ3) is 4.61. The predicted molar refractivity (Wildman–Crippen MR) is 65.6 cm³/mol. The maximum Gasteiger partial charge on any atom is 0.434 e. The summed E-state index contributed by atoms with van der Waals surface area (Å²) in [5, 5.41) is 8.94. The highest BCUT2D eigenvalue weighted by Gasteiger charge is 1.87. The van der Waals surface area contributed by atoms with Crippen molar-refractivity contribution in [1.29, 1.82) is 0 Å². The van der Waals surface area contributed by atoms with Crippen LogP contribution in [0.2, 0.25) is 0 Å². The van der Waals surface area contributed by atoms with Crippen LogP contribution in [0.25, 0.3) is 10.9 Å². The van der Waals surface area contributed by atoms with Gasteiger partial charge in [-0.05, 0) is 12.1 Å². The van der Waals surface area contributed by atoms with E-state index in [2.05, 4.69) is 33.6 Å². The van der Waals surface area contributed by atoms with Gasteiger partial charge in [0, 0.05) is 11.6 Å². The summed E-state index contributed by atoms with van der Waals surface area (Å²) < 4.78 is 0. The molecular formula is C11H12N4O2. The maximum absolute atomic E-state index is 9.46. The Balaban J connectivity index is 0.000000185. The number of fused-ring (bicyclic) bond motifs is 1. The Morgan fingerprint density at radius 1 is 1.18 bits per heavy atom. The Morgan fingerprint density at radius 2 is 1.82 bits per heavy atom. The minimum absolute atomic E-state index is 0.437. The number of rotatable bonds is 0. The smallest absolute Gasteiger partial charge is 0.434 e. The van der Waals surface area contributed by atoms with Gasteiger partial charge in [0.1, 0.15) is 0 Å². The molecule has 0 saturated heterocycles. The molecule has 1 amide bonds. The molecule has 17 heavy (non-hydrogen) atoms. The summed E-state index contributed by atoms with van der Waals surface area (Å²) in [5.41, 5.74) is 10.3. The van der Waals surface area contributed by atoms with E-state index in [0.29, 0.717) is 0 Å². The van der Waals surface area contributed by atoms with Crippen molar-refractivity contribution in [2.45, 2.75) is 0 Å². The molecule has 0 atom stereocenters. The number of aromatic nitrogens is 1. The number of carboxylic acid groups (broad SMARTS) is 1. The molecule has 0 aliphatic rings. The van der Waals surface area contributed by atoms with Gasteiger partial charge < -0.3 is 16.6 Å². The van der Waals surface area contributed by atoms with Crippen LogP contribution in [0.4, 0.5) is 4.79 Å². The molecule has 0 unspecified atom stereocenters. The van der Waals surface area contributed by atoms with Crippen molar-refractivity contribution in [3.63, 3.8) is 0 Å². The molecule has 0 bridgehead atoms. The number of para-hydroxylation sites is 1. The molecule has 2 rings (SSSR count). The van der Waals surface area contributed by atoms with Crippen molar-refractivity contribution in [3.05, 3.63) is 42.6 Å². The fourth-order valence-electron chi connectivity index (χ4n) is 1.13. The Labute approximate surface area is 97.6 Å². The van der Waals surface area contributed by atoms with Crippen molar-refractivity contribution in [2.75, 3.05) is 0 Å². The molecule has 6 nitrogen and oxygen atoms in total. The lowest BCUT2D eigenvalue weighted by Gasteiger charge is -1.91. The van der Waals surface area contributed by atoms with Gasteiger partial charge >= 0.3 is 6.09 Å². The number of hydrogen-bond donors (Lipinski definition) is 3. The van der Waals surface area contributed by atoms with E-state index in [0.717, 1.165) is 5.52 Å². The monoisotopic (exact) mass is 232 g/mol. The highest BCUT2D eigenvalue weighted by atomic mass is 16.4. The first-order chi connectivity index (χ1) is 8.09. The van der Waals surface area contributed by atoms with E-state index in [4.69, 9.17) is 5.11 Å². The molecule has 0 aliphatic heterocycles. The van der Waals surface area contributed by atoms with Gasteiger partial charge in [0.25, 0.3) is 0 Å². The average molecular weight is 232 g/mol. The number of aliphatic imine (C=N–C) groups is 1. The van der Waals surface area contributed by atoms with Crippen LogP contribution in [0.15, 0.2) is 47.6 Å². The van der Waals surface area contributed by atoms with E-state index < -0.39 is 12.1 Å². The molecule has 0 radical (unpaired) electrons. The number of carbonyl (C=O) groups is 1. The Morgan fingerprint density at radius 3 is 2.35 bits per heavy atom. The summed E-state index contributed by atoms with van der Waals surface area (Å²) in [5.74, 6) is -0.437. The first-order valence-electron chi connectivity index (χ1n) is 4.72. The summed E-state index contributed by atoms with van der Waals surface area (Å²) in [4.78, 5) is 16.3. The molecule has 1 aromatic carbocycles. The zero-order valence-electron chi connectivity index (χ0n) is 8.95. The average Bonchev–Trinajstić information content (AvgIpc) is 2.28. The first kappa shape index (κ1) is 12.4. The predicted octanol–water partition coefficient (Wildman–Crippen LogP) is 1.17. The summed E-state index contributed by atoms with van der Waals surface area (Å²) in [6, 6.07) is 12.1. The molecule has 0 saturated carbocycles. The van der Waals surface area contributed by atoms with E-state index >= 15 is 0 Å². The molecule has 2 aromatic rings. The van der Waals surface area contributed by atoms with Crippen molar-refractivity contribution < 1.29 is 9.90 Å². The van der Waals surface area contributed by atoms with Crippen LogP contribution in [0.3, 0.4) is 0 Å². The first-order valence-corrected chi connectivity index (χ1v) is 4.72. The summed E-state index contributed by atoms with van der Waals surface area (Å²) in [6.07, 6.45) is 0.433. The number of nitrogens with two attached hydrogens (primary N) is 2. The zero-order valence-corrected chi connectivity index (χ0v) is 8.95. The largest absolute Gasteiger partial charge is 0.463 e. The second-order valence-corrected chi connectivity index (χ2v) is 3.02. The number of pyridine rings is 1. The van der Waals surface area contributed by atoms with Gasteiger partial charge in [0.2, 0.25) is 0 Å². The van der Waals surface area contributed by atoms with E-state index in [1.807, 2.05) is 30.5 Å². The maximum atomic E-state index is 9.46. The van der Waals surface area contributed by atoms with Crippen LogP contribution in [0, 0.1) is 0 Å². The van der Waals surface area contributed by atoms with E-state index in [1.54, 1.807) is 0 Å². The number of hydrogen-bond acceptors (Lipinski definition) is 2. The summed E-state index contributed by atoms with van der Waals surface area (Å²) in [7, 11) is 0. The fourth-order valence-corrected chi connectivity index (χ4v) is 1.13. The molecule has 1 heterocycles. The van der Waals surface area contributed by atoms with Crippen molar-refractivity contribution in [1.82, 2.24) is 4.98 Å². The number of benzene rings is 1. The zero-order chi connectivity index (χ0) is 12.7. The Bertz CT molecular complexity index is 470. The van der Waals surface area contributed by atoms with E-state index in [1.165, 1.54) is 5.39 Å². The third-order valence-corrected chi connectivity index (χ3v) is 1.74. The van der Waals surface area contributed by atoms with Gasteiger partial charge in [0.15, 0.2) is 5.96 Å². The van der Waals surface area contributed by atoms with Crippen LogP contribution in [-0.4, -0.2) is 22.1 Å². The molecule has 6 heteroatoms. The molecule has 0 spiro atoms. The fraction of sp³-hybridized carbons (Fsp3) is 0. The quantitative estimate of drug-likeness (QED) is 0.466. The molecule has 5 N–H and O–H groups in total. The summed E-state index contributed by atoms with van der Waals surface area (Å²) >= 11 is 0. The number of guanidine groups is 1. The second-order valence-electron chi connectivity index (χ2n) is 3.02. The number of amides is 1. The third-order valence-electron chi connectivity index (χ3n) is 1.74. The second kappa shape index (κ2) is 6.06. The van der Waals surface area contributed by atoms with Crippen molar-refractivity contribution >= 4 is 23.0 Å². The van der Waals surface area contributed by atoms with Crippen LogP contribution in [0.5, 0.6) is 0 Å². The lowest BCUT2D eigenvalue weighted by molar-refractivity contribution is 0.205. The number of nitrogens with zero attached hydrogens (tertiary/aromatic N) is 2. The highest BCUT2D eigenvalue weighted by molar-refractivity contribution is 5.86. The van der Waals surface area contributed by atoms with Gasteiger partial charge in [-0.3, -0.25) is 4.98 Å². The lowest BCUT2D eigenvalue weighted by atomic mass is 10.2. The molecule has 1 aromatic heterocycles. The molecule has 0 fully saturated rings. The van der Waals surface area contributed by atoms with Gasteiger partial charge in [-0.15, -0.1) is 4.99 Å². The topological polar surface area (TPSA) is 115 Å². The van der Waals surface area contributed by atoms with Crippen molar-refractivity contribution in [3.8, 4) is 0 Å². The van der Waals surface area contributed by atoms with Crippen LogP contribution < -0.4 is 11.5 Å². The van der Waals surface area contributed by atoms with Gasteiger partial charge in [-0.25, -0.2) is 4.79 Å². The highest BCUT2D eigenvalue weighted by Crippen LogP contribution is 2.07. The van der Waals surface area contributed by atoms with Gasteiger partial charge in [-0.1, -0.05) is 24.3 Å². The van der Waals surface area contributed by atoms with E-state index in [9.17, 15) is 4.79 Å². The normalized spacial score (nSPS) is 8.94. The van der Waals surface area contributed by atoms with Gasteiger partial charge in [0.05, 0.1) is 5.52 Å². The van der Waals surface area contributed by atoms with Crippen LogP contribution in [0.1, 0.15) is 0 Å². The van der Waals surface area contributed by atoms with Crippen LogP contribution >= 0.6 is 0 Å².